The zero-order valence-electron chi connectivity index (χ0n) is 19.0. The van der Waals surface area contributed by atoms with Gasteiger partial charge in [-0.2, -0.15) is 0 Å². The van der Waals surface area contributed by atoms with Crippen LogP contribution in [0.15, 0.2) is 67.0 Å². The molecule has 33 heavy (non-hydrogen) atoms. The molecule has 1 aromatic carbocycles. The Morgan fingerprint density at radius 1 is 1.18 bits per heavy atom. The van der Waals surface area contributed by atoms with Crippen molar-refractivity contribution in [1.29, 1.82) is 0 Å². The summed E-state index contributed by atoms with van der Waals surface area (Å²) < 4.78 is 5.49. The summed E-state index contributed by atoms with van der Waals surface area (Å²) in [6.07, 6.45) is 5.32. The van der Waals surface area contributed by atoms with Gasteiger partial charge in [0.25, 0.3) is 0 Å². The maximum absolute atomic E-state index is 11.2. The van der Waals surface area contributed by atoms with Gasteiger partial charge in [-0.25, -0.2) is 9.78 Å². The van der Waals surface area contributed by atoms with E-state index in [-0.39, 0.29) is 6.04 Å². The van der Waals surface area contributed by atoms with E-state index >= 15 is 0 Å². The van der Waals surface area contributed by atoms with Crippen LogP contribution >= 0.6 is 0 Å². The lowest BCUT2D eigenvalue weighted by Gasteiger charge is -2.33. The number of hydrogen-bond donors (Lipinski definition) is 3. The van der Waals surface area contributed by atoms with Gasteiger partial charge in [-0.15, -0.1) is 0 Å². The average Bonchev–Trinajstić information content (AvgIpc) is 2.83. The van der Waals surface area contributed by atoms with Gasteiger partial charge in [-0.1, -0.05) is 36.4 Å². The molecule has 2 aromatic heterocycles. The van der Waals surface area contributed by atoms with E-state index in [1.54, 1.807) is 12.3 Å². The summed E-state index contributed by atoms with van der Waals surface area (Å²) in [6, 6.07) is 18.4. The molecule has 3 aromatic rings. The lowest BCUT2D eigenvalue weighted by Crippen LogP contribution is -2.38. The second-order valence-electron chi connectivity index (χ2n) is 8.86. The summed E-state index contributed by atoms with van der Waals surface area (Å²) in [5.41, 5.74) is 3.24. The molecule has 7 heteroatoms. The lowest BCUT2D eigenvalue weighted by atomic mass is 9.86. The van der Waals surface area contributed by atoms with E-state index in [0.29, 0.717) is 11.8 Å². The number of ether oxygens (including phenoxy) is 1. The molecule has 4 rings (SSSR count). The predicted molar refractivity (Wildman–Crippen MR) is 127 cm³/mol. The molecular weight excluding hydrogens is 416 g/mol. The smallest absolute Gasteiger partial charge is 0.347 e. The van der Waals surface area contributed by atoms with Crippen molar-refractivity contribution < 1.29 is 14.6 Å². The summed E-state index contributed by atoms with van der Waals surface area (Å²) in [7, 11) is 0. The van der Waals surface area contributed by atoms with Crippen LogP contribution in [0, 0.1) is 5.92 Å². The highest BCUT2D eigenvalue weighted by Crippen LogP contribution is 2.31. The largest absolute Gasteiger partial charge is 0.478 e. The quantitative estimate of drug-likeness (QED) is 0.459. The first-order valence-electron chi connectivity index (χ1n) is 11.3. The summed E-state index contributed by atoms with van der Waals surface area (Å²) >= 11 is 0. The lowest BCUT2D eigenvalue weighted by molar-refractivity contribution is -0.152. The molecule has 3 N–H and O–H groups in total. The first-order chi connectivity index (χ1) is 15.9. The van der Waals surface area contributed by atoms with Crippen LogP contribution in [0.4, 0.5) is 5.69 Å². The van der Waals surface area contributed by atoms with Gasteiger partial charge in [0.1, 0.15) is 0 Å². The van der Waals surface area contributed by atoms with Gasteiger partial charge in [0.05, 0.1) is 11.4 Å². The Kier molecular flexibility index (Phi) is 6.89. The Hall–Kier alpha value is -3.45. The fraction of sp³-hybridized carbons (Fsp3) is 0.346. The number of carbonyl (C=O) groups is 1. The minimum Gasteiger partial charge on any atom is -0.478 e. The molecule has 0 saturated carbocycles. The Bertz CT molecular complexity index is 1070. The standard InChI is InChI=1S/C26H30N4O3/c1-26(2,25(31)32)33-23-11-10-18(16-30-23)12-14-28-24(19-7-4-3-5-8-19)20-15-22-21(29-17-20)9-6-13-27-22/h3-11,13,16,20,24,28-29H,12,14-15,17H2,1-2H3,(H,31,32)/t20-,24-/m1/s1. The zero-order valence-corrected chi connectivity index (χ0v) is 19.0. The van der Waals surface area contributed by atoms with Crippen molar-refractivity contribution in [2.45, 2.75) is 38.3 Å². The minimum absolute atomic E-state index is 0.195. The average molecular weight is 447 g/mol. The van der Waals surface area contributed by atoms with Crippen LogP contribution < -0.4 is 15.4 Å². The van der Waals surface area contributed by atoms with Crippen LogP contribution in [-0.4, -0.2) is 39.7 Å². The molecule has 1 aliphatic rings. The first kappa shape index (κ1) is 22.7. The van der Waals surface area contributed by atoms with E-state index < -0.39 is 11.6 Å². The number of nitrogens with one attached hydrogen (secondary N) is 2. The van der Waals surface area contributed by atoms with E-state index in [2.05, 4.69) is 50.9 Å². The Morgan fingerprint density at radius 3 is 2.73 bits per heavy atom. The van der Waals surface area contributed by atoms with Crippen LogP contribution in [-0.2, 0) is 17.6 Å². The molecule has 0 saturated heterocycles. The number of carboxylic acid groups (broad SMARTS) is 1. The number of aliphatic carboxylic acids is 1. The number of anilines is 1. The fourth-order valence-corrected chi connectivity index (χ4v) is 4.07. The normalized spacial score (nSPS) is 16.4. The topological polar surface area (TPSA) is 96.4 Å². The third kappa shape index (κ3) is 5.68. The van der Waals surface area contributed by atoms with Crippen LogP contribution in [0.3, 0.4) is 0 Å². The summed E-state index contributed by atoms with van der Waals surface area (Å²) in [4.78, 5) is 20.1. The van der Waals surface area contributed by atoms with E-state index in [4.69, 9.17) is 4.74 Å². The number of hydrogen-bond acceptors (Lipinski definition) is 6. The van der Waals surface area contributed by atoms with Crippen molar-refractivity contribution in [2.75, 3.05) is 18.4 Å². The van der Waals surface area contributed by atoms with Gasteiger partial charge in [-0.3, -0.25) is 4.98 Å². The van der Waals surface area contributed by atoms with Crippen LogP contribution in [0.25, 0.3) is 0 Å². The maximum atomic E-state index is 11.2. The first-order valence-corrected chi connectivity index (χ1v) is 11.3. The van der Waals surface area contributed by atoms with Gasteiger partial charge in [-0.05, 0) is 56.5 Å². The molecule has 172 valence electrons. The van der Waals surface area contributed by atoms with Crippen molar-refractivity contribution in [3.05, 3.63) is 83.8 Å². The van der Waals surface area contributed by atoms with Gasteiger partial charge in [0.2, 0.25) is 11.5 Å². The number of aromatic nitrogens is 2. The monoisotopic (exact) mass is 446 g/mol. The van der Waals surface area contributed by atoms with Crippen molar-refractivity contribution in [3.8, 4) is 5.88 Å². The molecule has 0 spiro atoms. The molecule has 0 radical (unpaired) electrons. The minimum atomic E-state index is -1.32. The number of carboxylic acids is 1. The van der Waals surface area contributed by atoms with Crippen LogP contribution in [0.1, 0.15) is 36.7 Å². The second-order valence-corrected chi connectivity index (χ2v) is 8.86. The third-order valence-electron chi connectivity index (χ3n) is 5.98. The van der Waals surface area contributed by atoms with Crippen molar-refractivity contribution in [2.24, 2.45) is 5.92 Å². The molecular formula is C26H30N4O3. The van der Waals surface area contributed by atoms with E-state index in [1.807, 2.05) is 24.4 Å². The Morgan fingerprint density at radius 2 is 2.00 bits per heavy atom. The van der Waals surface area contributed by atoms with Gasteiger partial charge in [0.15, 0.2) is 0 Å². The summed E-state index contributed by atoms with van der Waals surface area (Å²) in [5.74, 6) is -0.345. The van der Waals surface area contributed by atoms with Gasteiger partial charge < -0.3 is 20.5 Å². The predicted octanol–water partition coefficient (Wildman–Crippen LogP) is 3.88. The Labute approximate surface area is 194 Å². The molecule has 7 nitrogen and oxygen atoms in total. The van der Waals surface area contributed by atoms with Crippen molar-refractivity contribution in [1.82, 2.24) is 15.3 Å². The molecule has 1 aliphatic heterocycles. The molecule has 0 aliphatic carbocycles. The van der Waals surface area contributed by atoms with Gasteiger partial charge >= 0.3 is 5.97 Å². The highest BCUT2D eigenvalue weighted by atomic mass is 16.5. The van der Waals surface area contributed by atoms with Crippen molar-refractivity contribution >= 4 is 11.7 Å². The third-order valence-corrected chi connectivity index (χ3v) is 5.98. The SMILES string of the molecule is CC(C)(Oc1ccc(CCN[C@H](c2ccccc2)[C@H]2CNc3cccnc3C2)cn1)C(=O)O. The maximum Gasteiger partial charge on any atom is 0.347 e. The van der Waals surface area contributed by atoms with Gasteiger partial charge in [0, 0.05) is 37.0 Å². The molecule has 0 amide bonds. The zero-order chi connectivity index (χ0) is 23.3. The Balaban J connectivity index is 1.39. The highest BCUT2D eigenvalue weighted by molar-refractivity contribution is 5.76. The van der Waals surface area contributed by atoms with Crippen molar-refractivity contribution in [3.63, 3.8) is 0 Å². The molecule has 0 unspecified atom stereocenters. The summed E-state index contributed by atoms with van der Waals surface area (Å²) in [5, 5.41) is 16.5. The summed E-state index contributed by atoms with van der Waals surface area (Å²) in [6.45, 7) is 4.69. The number of rotatable bonds is 9. The number of pyridine rings is 2. The molecule has 0 bridgehead atoms. The molecule has 2 atom stereocenters. The second kappa shape index (κ2) is 10.0. The van der Waals surface area contributed by atoms with E-state index in [9.17, 15) is 9.90 Å². The van der Waals surface area contributed by atoms with Crippen LogP contribution in [0.5, 0.6) is 5.88 Å². The van der Waals surface area contributed by atoms with E-state index in [1.165, 1.54) is 19.4 Å². The molecule has 0 fully saturated rings. The fourth-order valence-electron chi connectivity index (χ4n) is 4.07. The van der Waals surface area contributed by atoms with Crippen LogP contribution in [0.2, 0.25) is 0 Å². The van der Waals surface area contributed by atoms with E-state index in [0.717, 1.165) is 42.9 Å². The molecule has 3 heterocycles. The number of nitrogens with zero attached hydrogens (tertiary/aromatic N) is 2. The highest BCUT2D eigenvalue weighted by Gasteiger charge is 2.30. The number of fused-ring (bicyclic) bond motifs is 1. The number of benzene rings is 1.